The molecule has 0 aromatic heterocycles. The number of alkyl halides is 6. The van der Waals surface area contributed by atoms with Crippen molar-refractivity contribution >= 4 is 40.5 Å². The lowest BCUT2D eigenvalue weighted by Crippen LogP contribution is -2.16. The van der Waals surface area contributed by atoms with Crippen molar-refractivity contribution in [3.05, 3.63) is 68.6 Å². The van der Waals surface area contributed by atoms with Gasteiger partial charge in [-0.3, -0.25) is 4.79 Å². The third-order valence-electron chi connectivity index (χ3n) is 4.27. The average molecular weight is 495 g/mol. The van der Waals surface area contributed by atoms with E-state index in [0.29, 0.717) is 22.4 Å². The third kappa shape index (κ3) is 5.57. The van der Waals surface area contributed by atoms with Crippen LogP contribution in [0.25, 0.3) is 6.08 Å². The Kier molecular flexibility index (Phi) is 6.80. The molecule has 1 aliphatic heterocycles. The van der Waals surface area contributed by atoms with Gasteiger partial charge in [-0.25, -0.2) is 0 Å². The number of thioether (sulfide) groups is 1. The number of amides is 1. The number of benzene rings is 2. The standard InChI is InChI=1S/C20H13ClF6N2O2S/c1-28-17-16(32-18(30)29-17)6-10-3-5-13(8-15(10)21)31-9-11-2-4-12(19(22,23)24)7-14(11)20(25,26)27/h2-8H,9H2,1H3,(H,28,29,30)/b16-6-. The maximum Gasteiger partial charge on any atom is 0.416 e. The quantitative estimate of drug-likeness (QED) is 0.476. The molecule has 1 heterocycles. The average Bonchev–Trinajstić information content (AvgIpc) is 3.06. The highest BCUT2D eigenvalue weighted by Gasteiger charge is 2.38. The SMILES string of the molecule is CNC1=NC(=O)S/C1=C\c1ccc(OCc2ccc(C(F)(F)F)cc2C(F)(F)F)cc1Cl. The maximum atomic E-state index is 13.3. The second-order valence-electron chi connectivity index (χ2n) is 6.43. The number of ether oxygens (including phenoxy) is 1. The van der Waals surface area contributed by atoms with Crippen molar-refractivity contribution in [3.63, 3.8) is 0 Å². The fraction of sp³-hybridized carbons (Fsp3) is 0.200. The summed E-state index contributed by atoms with van der Waals surface area (Å²) in [6.45, 7) is -0.620. The largest absolute Gasteiger partial charge is 0.489 e. The molecule has 0 atom stereocenters. The first-order chi connectivity index (χ1) is 14.9. The third-order valence-corrected chi connectivity index (χ3v) is 5.39. The Bertz CT molecular complexity index is 1110. The number of carbonyl (C=O) groups excluding carboxylic acids is 1. The van der Waals surface area contributed by atoms with Crippen LogP contribution in [0.2, 0.25) is 5.02 Å². The summed E-state index contributed by atoms with van der Waals surface area (Å²) in [5, 5.41) is 2.57. The highest BCUT2D eigenvalue weighted by atomic mass is 35.5. The number of carbonyl (C=O) groups is 1. The van der Waals surface area contributed by atoms with Crippen molar-refractivity contribution in [2.45, 2.75) is 19.0 Å². The minimum Gasteiger partial charge on any atom is -0.489 e. The molecule has 0 spiro atoms. The molecule has 0 bridgehead atoms. The zero-order valence-corrected chi connectivity index (χ0v) is 17.6. The summed E-state index contributed by atoms with van der Waals surface area (Å²) in [5.74, 6) is 0.487. The topological polar surface area (TPSA) is 50.7 Å². The first kappa shape index (κ1) is 24.0. The molecular weight excluding hydrogens is 482 g/mol. The lowest BCUT2D eigenvalue weighted by Gasteiger charge is -2.16. The molecule has 170 valence electrons. The number of nitrogens with one attached hydrogen (secondary N) is 1. The Labute approximate surface area is 187 Å². The van der Waals surface area contributed by atoms with E-state index in [-0.39, 0.29) is 16.8 Å². The van der Waals surface area contributed by atoms with Crippen molar-refractivity contribution in [2.24, 2.45) is 4.99 Å². The van der Waals surface area contributed by atoms with Gasteiger partial charge in [-0.1, -0.05) is 17.7 Å². The second kappa shape index (κ2) is 9.07. The molecule has 1 N–H and O–H groups in total. The highest BCUT2D eigenvalue weighted by Crippen LogP contribution is 2.38. The molecule has 0 aliphatic carbocycles. The summed E-state index contributed by atoms with van der Waals surface area (Å²) in [6, 6.07) is 5.67. The van der Waals surface area contributed by atoms with Crippen molar-refractivity contribution in [1.29, 1.82) is 0 Å². The molecule has 1 aliphatic rings. The van der Waals surface area contributed by atoms with Crippen LogP contribution in [0.3, 0.4) is 0 Å². The monoisotopic (exact) mass is 494 g/mol. The fourth-order valence-corrected chi connectivity index (χ4v) is 3.73. The molecule has 0 radical (unpaired) electrons. The van der Waals surface area contributed by atoms with Crippen LogP contribution in [0.1, 0.15) is 22.3 Å². The minimum atomic E-state index is -4.99. The molecule has 0 unspecified atom stereocenters. The Morgan fingerprint density at radius 2 is 1.81 bits per heavy atom. The highest BCUT2D eigenvalue weighted by molar-refractivity contribution is 8.18. The number of likely N-dealkylation sites (N-methyl/N-ethyl adjacent to an activating group) is 1. The molecule has 32 heavy (non-hydrogen) atoms. The van der Waals surface area contributed by atoms with Gasteiger partial charge < -0.3 is 10.1 Å². The summed E-state index contributed by atoms with van der Waals surface area (Å²) in [4.78, 5) is 15.8. The van der Waals surface area contributed by atoms with Crippen LogP contribution in [0.15, 0.2) is 46.3 Å². The Hall–Kier alpha value is -2.66. The van der Waals surface area contributed by atoms with E-state index in [1.54, 1.807) is 13.1 Å². The summed E-state index contributed by atoms with van der Waals surface area (Å²) >= 11 is 7.11. The van der Waals surface area contributed by atoms with E-state index < -0.39 is 40.9 Å². The summed E-state index contributed by atoms with van der Waals surface area (Å²) in [5.41, 5.74) is -2.78. The number of hydrogen-bond acceptors (Lipinski definition) is 4. The molecule has 4 nitrogen and oxygen atoms in total. The van der Waals surface area contributed by atoms with Crippen LogP contribution >= 0.6 is 23.4 Å². The van der Waals surface area contributed by atoms with Crippen LogP contribution in [0, 0.1) is 0 Å². The van der Waals surface area contributed by atoms with Gasteiger partial charge >= 0.3 is 17.6 Å². The number of aliphatic imine (C=N–C) groups is 1. The molecule has 0 fully saturated rings. The molecule has 2 aromatic rings. The normalized spacial score (nSPS) is 15.8. The predicted octanol–water partition coefficient (Wildman–Crippen LogP) is 6.78. The van der Waals surface area contributed by atoms with Crippen molar-refractivity contribution < 1.29 is 35.9 Å². The van der Waals surface area contributed by atoms with Crippen LogP contribution in [0.4, 0.5) is 31.1 Å². The van der Waals surface area contributed by atoms with E-state index in [0.717, 1.165) is 17.8 Å². The predicted molar refractivity (Wildman–Crippen MR) is 110 cm³/mol. The number of halogens is 7. The van der Waals surface area contributed by atoms with Gasteiger partial charge in [-0.2, -0.15) is 31.3 Å². The Morgan fingerprint density at radius 1 is 1.09 bits per heavy atom. The van der Waals surface area contributed by atoms with E-state index in [4.69, 9.17) is 16.3 Å². The first-order valence-corrected chi connectivity index (χ1v) is 9.98. The van der Waals surface area contributed by atoms with Crippen LogP contribution in [-0.2, 0) is 19.0 Å². The van der Waals surface area contributed by atoms with Gasteiger partial charge in [0.2, 0.25) is 0 Å². The number of nitrogens with zero attached hydrogens (tertiary/aromatic N) is 1. The molecule has 0 saturated carbocycles. The van der Waals surface area contributed by atoms with Gasteiger partial charge in [0.25, 0.3) is 0 Å². The van der Waals surface area contributed by atoms with E-state index in [2.05, 4.69) is 10.3 Å². The lowest BCUT2D eigenvalue weighted by atomic mass is 10.0. The number of rotatable bonds is 4. The summed E-state index contributed by atoms with van der Waals surface area (Å²) in [7, 11) is 1.60. The molecule has 0 saturated heterocycles. The summed E-state index contributed by atoms with van der Waals surface area (Å²) in [6.07, 6.45) is -8.29. The molecular formula is C20H13ClF6N2O2S. The van der Waals surface area contributed by atoms with Crippen molar-refractivity contribution in [2.75, 3.05) is 7.05 Å². The zero-order valence-electron chi connectivity index (χ0n) is 16.1. The van der Waals surface area contributed by atoms with E-state index in [1.807, 2.05) is 0 Å². The smallest absolute Gasteiger partial charge is 0.416 e. The second-order valence-corrected chi connectivity index (χ2v) is 7.83. The van der Waals surface area contributed by atoms with Crippen molar-refractivity contribution in [3.8, 4) is 5.75 Å². The number of amidine groups is 1. The first-order valence-electron chi connectivity index (χ1n) is 8.78. The lowest BCUT2D eigenvalue weighted by molar-refractivity contribution is -0.143. The van der Waals surface area contributed by atoms with Crippen LogP contribution in [0.5, 0.6) is 5.75 Å². The van der Waals surface area contributed by atoms with Crippen molar-refractivity contribution in [1.82, 2.24) is 5.32 Å². The van der Waals surface area contributed by atoms with Gasteiger partial charge in [-0.15, -0.1) is 0 Å². The molecule has 2 aromatic carbocycles. The molecule has 1 amide bonds. The van der Waals surface area contributed by atoms with Crippen LogP contribution < -0.4 is 10.1 Å². The van der Waals surface area contributed by atoms with Crippen LogP contribution in [-0.4, -0.2) is 18.1 Å². The van der Waals surface area contributed by atoms with E-state index in [1.165, 1.54) is 18.2 Å². The van der Waals surface area contributed by atoms with E-state index >= 15 is 0 Å². The number of hydrogen-bond donors (Lipinski definition) is 1. The Balaban J connectivity index is 1.80. The van der Waals surface area contributed by atoms with Gasteiger partial charge in [0.15, 0.2) is 0 Å². The maximum absolute atomic E-state index is 13.3. The molecule has 3 rings (SSSR count). The van der Waals surface area contributed by atoms with Gasteiger partial charge in [0, 0.05) is 12.6 Å². The fourth-order valence-electron chi connectivity index (χ4n) is 2.75. The van der Waals surface area contributed by atoms with Gasteiger partial charge in [0.1, 0.15) is 18.2 Å². The molecule has 12 heteroatoms. The Morgan fingerprint density at radius 3 is 2.41 bits per heavy atom. The zero-order chi connectivity index (χ0) is 23.7. The van der Waals surface area contributed by atoms with Gasteiger partial charge in [-0.05, 0) is 53.7 Å². The minimum absolute atomic E-state index is 0.0580. The van der Waals surface area contributed by atoms with Gasteiger partial charge in [0.05, 0.1) is 21.1 Å². The summed E-state index contributed by atoms with van der Waals surface area (Å²) < 4.78 is 83.4. The van der Waals surface area contributed by atoms with E-state index in [9.17, 15) is 31.1 Å².